The van der Waals surface area contributed by atoms with E-state index in [2.05, 4.69) is 6.92 Å². The SMILES string of the molecule is COc1ccc(OC)c(C2(O)CSCC2C)c1. The molecule has 2 unspecified atom stereocenters. The Balaban J connectivity index is 2.48. The van der Waals surface area contributed by atoms with Crippen LogP contribution in [0.25, 0.3) is 0 Å². The van der Waals surface area contributed by atoms with Crippen LogP contribution in [0.2, 0.25) is 0 Å². The minimum absolute atomic E-state index is 0.216. The zero-order chi connectivity index (χ0) is 12.5. The molecule has 4 heteroatoms. The van der Waals surface area contributed by atoms with Gasteiger partial charge in [-0.1, -0.05) is 6.92 Å². The molecule has 0 radical (unpaired) electrons. The maximum Gasteiger partial charge on any atom is 0.125 e. The lowest BCUT2D eigenvalue weighted by Gasteiger charge is -2.29. The van der Waals surface area contributed by atoms with E-state index in [1.807, 2.05) is 18.2 Å². The van der Waals surface area contributed by atoms with Crippen molar-refractivity contribution in [2.75, 3.05) is 25.7 Å². The Bertz CT molecular complexity index is 408. The predicted molar refractivity (Wildman–Crippen MR) is 69.9 cm³/mol. The first kappa shape index (κ1) is 12.6. The van der Waals surface area contributed by atoms with Crippen LogP contribution < -0.4 is 9.47 Å². The van der Waals surface area contributed by atoms with Crippen molar-refractivity contribution in [2.45, 2.75) is 12.5 Å². The topological polar surface area (TPSA) is 38.7 Å². The molecule has 1 aliphatic rings. The molecule has 2 rings (SSSR count). The Kier molecular flexibility index (Phi) is 3.54. The van der Waals surface area contributed by atoms with Crippen molar-refractivity contribution in [3.05, 3.63) is 23.8 Å². The first-order valence-electron chi connectivity index (χ1n) is 5.64. The number of hydrogen-bond donors (Lipinski definition) is 1. The fourth-order valence-corrected chi connectivity index (χ4v) is 3.67. The third kappa shape index (κ3) is 2.11. The van der Waals surface area contributed by atoms with Crippen molar-refractivity contribution in [3.8, 4) is 11.5 Å². The summed E-state index contributed by atoms with van der Waals surface area (Å²) in [5.74, 6) is 3.36. The minimum atomic E-state index is -0.815. The smallest absolute Gasteiger partial charge is 0.125 e. The fraction of sp³-hybridized carbons (Fsp3) is 0.538. The Hall–Kier alpha value is -0.870. The Labute approximate surface area is 106 Å². The molecule has 3 nitrogen and oxygen atoms in total. The van der Waals surface area contributed by atoms with E-state index >= 15 is 0 Å². The number of rotatable bonds is 3. The highest BCUT2D eigenvalue weighted by molar-refractivity contribution is 7.99. The standard InChI is InChI=1S/C13H18O3S/c1-9-7-17-8-13(9,14)11-6-10(15-2)4-5-12(11)16-3/h4-6,9,14H,7-8H2,1-3H3. The van der Waals surface area contributed by atoms with Crippen LogP contribution in [0.5, 0.6) is 11.5 Å². The highest BCUT2D eigenvalue weighted by atomic mass is 32.2. The first-order chi connectivity index (χ1) is 8.11. The van der Waals surface area contributed by atoms with Crippen LogP contribution in [0.4, 0.5) is 0 Å². The van der Waals surface area contributed by atoms with Gasteiger partial charge in [0.1, 0.15) is 17.1 Å². The Morgan fingerprint density at radius 3 is 2.65 bits per heavy atom. The maximum atomic E-state index is 10.8. The van der Waals surface area contributed by atoms with Gasteiger partial charge in [-0.05, 0) is 29.9 Å². The summed E-state index contributed by atoms with van der Waals surface area (Å²) >= 11 is 1.77. The Morgan fingerprint density at radius 2 is 2.12 bits per heavy atom. The number of hydrogen-bond acceptors (Lipinski definition) is 4. The maximum absolute atomic E-state index is 10.8. The highest BCUT2D eigenvalue weighted by Gasteiger charge is 2.42. The molecule has 0 saturated carbocycles. The summed E-state index contributed by atoms with van der Waals surface area (Å²) in [6.07, 6.45) is 0. The normalized spacial score (nSPS) is 28.1. The van der Waals surface area contributed by atoms with E-state index in [0.717, 1.165) is 22.8 Å². The van der Waals surface area contributed by atoms with Gasteiger partial charge in [-0.15, -0.1) is 0 Å². The van der Waals surface area contributed by atoms with E-state index in [1.54, 1.807) is 26.0 Å². The van der Waals surface area contributed by atoms with Crippen LogP contribution in [0.1, 0.15) is 12.5 Å². The Morgan fingerprint density at radius 1 is 1.35 bits per heavy atom. The van der Waals surface area contributed by atoms with Gasteiger partial charge in [0.05, 0.1) is 14.2 Å². The molecule has 94 valence electrons. The summed E-state index contributed by atoms with van der Waals surface area (Å²) in [6, 6.07) is 5.57. The zero-order valence-electron chi connectivity index (χ0n) is 10.4. The molecule has 0 aromatic heterocycles. The monoisotopic (exact) mass is 254 g/mol. The van der Waals surface area contributed by atoms with Gasteiger partial charge < -0.3 is 14.6 Å². The predicted octanol–water partition coefficient (Wildman–Crippen LogP) is 2.27. The van der Waals surface area contributed by atoms with E-state index in [0.29, 0.717) is 5.75 Å². The van der Waals surface area contributed by atoms with Gasteiger partial charge in [0.2, 0.25) is 0 Å². The summed E-state index contributed by atoms with van der Waals surface area (Å²) in [5, 5.41) is 10.8. The number of methoxy groups -OCH3 is 2. The lowest BCUT2D eigenvalue weighted by molar-refractivity contribution is 0.0210. The van der Waals surface area contributed by atoms with Crippen LogP contribution in [0.15, 0.2) is 18.2 Å². The van der Waals surface area contributed by atoms with E-state index in [4.69, 9.17) is 9.47 Å². The van der Waals surface area contributed by atoms with Gasteiger partial charge in [0.15, 0.2) is 0 Å². The molecular weight excluding hydrogens is 236 g/mol. The second-order valence-electron chi connectivity index (χ2n) is 4.41. The number of thioether (sulfide) groups is 1. The molecule has 1 aliphatic heterocycles. The summed E-state index contributed by atoms with van der Waals surface area (Å²) in [6.45, 7) is 2.07. The van der Waals surface area contributed by atoms with Gasteiger partial charge in [0.25, 0.3) is 0 Å². The molecule has 17 heavy (non-hydrogen) atoms. The molecule has 0 bridgehead atoms. The molecule has 1 aromatic carbocycles. The average Bonchev–Trinajstić information content (AvgIpc) is 2.70. The molecule has 1 heterocycles. The van der Waals surface area contributed by atoms with Crippen LogP contribution in [-0.2, 0) is 5.60 Å². The van der Waals surface area contributed by atoms with Crippen LogP contribution in [0, 0.1) is 5.92 Å². The lowest BCUT2D eigenvalue weighted by Crippen LogP contribution is -2.32. The molecule has 0 spiro atoms. The van der Waals surface area contributed by atoms with E-state index in [-0.39, 0.29) is 5.92 Å². The van der Waals surface area contributed by atoms with Gasteiger partial charge in [-0.2, -0.15) is 11.8 Å². The molecule has 1 fully saturated rings. The van der Waals surface area contributed by atoms with Crippen LogP contribution in [-0.4, -0.2) is 30.8 Å². The van der Waals surface area contributed by atoms with Gasteiger partial charge in [-0.25, -0.2) is 0 Å². The molecular formula is C13H18O3S. The minimum Gasteiger partial charge on any atom is -0.497 e. The van der Waals surface area contributed by atoms with E-state index in [1.165, 1.54) is 0 Å². The summed E-state index contributed by atoms with van der Waals surface area (Å²) in [7, 11) is 3.25. The van der Waals surface area contributed by atoms with Crippen molar-refractivity contribution >= 4 is 11.8 Å². The zero-order valence-corrected chi connectivity index (χ0v) is 11.2. The van der Waals surface area contributed by atoms with Gasteiger partial charge >= 0.3 is 0 Å². The van der Waals surface area contributed by atoms with E-state index in [9.17, 15) is 5.11 Å². The van der Waals surface area contributed by atoms with Crippen molar-refractivity contribution in [1.29, 1.82) is 0 Å². The molecule has 0 amide bonds. The largest absolute Gasteiger partial charge is 0.497 e. The molecule has 1 aromatic rings. The number of ether oxygens (including phenoxy) is 2. The average molecular weight is 254 g/mol. The summed E-state index contributed by atoms with van der Waals surface area (Å²) in [5.41, 5.74) is 0.0155. The van der Waals surface area contributed by atoms with Gasteiger partial charge in [-0.3, -0.25) is 0 Å². The third-order valence-electron chi connectivity index (χ3n) is 3.38. The number of aliphatic hydroxyl groups is 1. The second-order valence-corrected chi connectivity index (χ2v) is 5.44. The molecule has 2 atom stereocenters. The number of benzene rings is 1. The quantitative estimate of drug-likeness (QED) is 0.898. The van der Waals surface area contributed by atoms with Crippen molar-refractivity contribution in [3.63, 3.8) is 0 Å². The summed E-state index contributed by atoms with van der Waals surface area (Å²) in [4.78, 5) is 0. The van der Waals surface area contributed by atoms with Crippen LogP contribution in [0.3, 0.4) is 0 Å². The highest BCUT2D eigenvalue weighted by Crippen LogP contribution is 2.45. The van der Waals surface area contributed by atoms with E-state index < -0.39 is 5.60 Å². The first-order valence-corrected chi connectivity index (χ1v) is 6.80. The summed E-state index contributed by atoms with van der Waals surface area (Å²) < 4.78 is 10.6. The van der Waals surface area contributed by atoms with Gasteiger partial charge in [0, 0.05) is 11.3 Å². The molecule has 1 saturated heterocycles. The van der Waals surface area contributed by atoms with Crippen LogP contribution >= 0.6 is 11.8 Å². The van der Waals surface area contributed by atoms with Crippen molar-refractivity contribution in [2.24, 2.45) is 5.92 Å². The second kappa shape index (κ2) is 4.78. The van der Waals surface area contributed by atoms with Crippen molar-refractivity contribution in [1.82, 2.24) is 0 Å². The fourth-order valence-electron chi connectivity index (χ4n) is 2.17. The third-order valence-corrected chi connectivity index (χ3v) is 4.76. The lowest BCUT2D eigenvalue weighted by atomic mass is 9.84. The molecule has 1 N–H and O–H groups in total. The molecule has 0 aliphatic carbocycles. The van der Waals surface area contributed by atoms with Crippen molar-refractivity contribution < 1.29 is 14.6 Å².